The van der Waals surface area contributed by atoms with Crippen LogP contribution in [0.25, 0.3) is 16.9 Å². The molecule has 0 radical (unpaired) electrons. The summed E-state index contributed by atoms with van der Waals surface area (Å²) in [6.45, 7) is 2.91. The highest BCUT2D eigenvalue weighted by Crippen LogP contribution is 2.33. The number of pyridine rings is 1. The van der Waals surface area contributed by atoms with E-state index in [-0.39, 0.29) is 24.2 Å². The molecule has 1 saturated heterocycles. The van der Waals surface area contributed by atoms with Crippen LogP contribution >= 0.6 is 0 Å². The van der Waals surface area contributed by atoms with Gasteiger partial charge in [-0.3, -0.25) is 0 Å². The van der Waals surface area contributed by atoms with Gasteiger partial charge in [0, 0.05) is 31.3 Å². The Kier molecular flexibility index (Phi) is 5.29. The normalized spacial score (nSPS) is 16.8. The van der Waals surface area contributed by atoms with Gasteiger partial charge in [-0.15, -0.1) is 0 Å². The molecule has 7 nitrogen and oxygen atoms in total. The van der Waals surface area contributed by atoms with Gasteiger partial charge in [0.15, 0.2) is 0 Å². The van der Waals surface area contributed by atoms with Crippen LogP contribution in [0.4, 0.5) is 13.6 Å². The van der Waals surface area contributed by atoms with Gasteiger partial charge in [-0.25, -0.2) is 18.6 Å². The van der Waals surface area contributed by atoms with Crippen LogP contribution in [-0.4, -0.2) is 58.4 Å². The number of phenolic OH excluding ortho intramolecular Hbond substituents is 1. The van der Waals surface area contributed by atoms with Crippen LogP contribution in [0.3, 0.4) is 0 Å². The number of carbonyl (C=O) groups excluding carboxylic acids is 1. The Labute approximate surface area is 171 Å². The van der Waals surface area contributed by atoms with Crippen molar-refractivity contribution in [3.63, 3.8) is 0 Å². The number of hydrogen-bond acceptors (Lipinski definition) is 5. The molecule has 4 rings (SSSR count). The number of aromatic nitrogens is 2. The van der Waals surface area contributed by atoms with Gasteiger partial charge in [0.05, 0.1) is 43.3 Å². The summed E-state index contributed by atoms with van der Waals surface area (Å²) in [5.41, 5.74) is 1.85. The zero-order chi connectivity index (χ0) is 21.4. The van der Waals surface area contributed by atoms with Crippen molar-refractivity contribution in [2.75, 3.05) is 26.8 Å². The molecule has 2 aromatic heterocycles. The molecule has 0 aliphatic carbocycles. The number of nitrogens with zero attached hydrogens (tertiary/aromatic N) is 3. The van der Waals surface area contributed by atoms with Crippen molar-refractivity contribution in [2.45, 2.75) is 19.4 Å². The van der Waals surface area contributed by atoms with E-state index < -0.39 is 29.6 Å². The van der Waals surface area contributed by atoms with E-state index in [1.807, 2.05) is 19.1 Å². The number of rotatable bonds is 3. The van der Waals surface area contributed by atoms with E-state index in [2.05, 4.69) is 4.98 Å². The summed E-state index contributed by atoms with van der Waals surface area (Å²) in [6, 6.07) is 5.39. The van der Waals surface area contributed by atoms with E-state index in [0.29, 0.717) is 24.5 Å². The Morgan fingerprint density at radius 1 is 1.33 bits per heavy atom. The maximum Gasteiger partial charge on any atom is 0.409 e. The van der Waals surface area contributed by atoms with Crippen molar-refractivity contribution in [3.05, 3.63) is 53.4 Å². The molecule has 1 atom stereocenters. The number of carbonyl (C=O) groups is 1. The third kappa shape index (κ3) is 3.68. The third-order valence-corrected chi connectivity index (χ3v) is 5.14. The number of imidazole rings is 1. The number of methoxy groups -OCH3 is 1. The first-order valence-corrected chi connectivity index (χ1v) is 9.48. The number of aromatic hydroxyl groups is 1. The Balaban J connectivity index is 1.79. The molecule has 1 fully saturated rings. The zero-order valence-corrected chi connectivity index (χ0v) is 16.6. The standard InChI is InChI=1S/C21H21F2N3O4/c1-12-3-4-26-17(10-14-11-25(5-6-30-14)21(28)29-2)20(24-18(26)7-12)19-15(22)8-13(27)9-16(19)23/h3-4,7-9,14,27H,5-6,10-11H2,1-2H3/t14-/m0/s1. The molecule has 0 saturated carbocycles. The van der Waals surface area contributed by atoms with Gasteiger partial charge in [0.1, 0.15) is 23.0 Å². The van der Waals surface area contributed by atoms with Crippen LogP contribution in [-0.2, 0) is 15.9 Å². The molecule has 0 bridgehead atoms. The average molecular weight is 417 g/mol. The number of halogens is 2. The first-order chi connectivity index (χ1) is 14.4. The maximum atomic E-state index is 14.6. The van der Waals surface area contributed by atoms with Gasteiger partial charge < -0.3 is 23.9 Å². The molecule has 3 aromatic rings. The van der Waals surface area contributed by atoms with E-state index in [1.165, 1.54) is 12.0 Å². The van der Waals surface area contributed by atoms with Crippen LogP contribution in [0.15, 0.2) is 30.5 Å². The number of benzene rings is 1. The lowest BCUT2D eigenvalue weighted by molar-refractivity contribution is -0.0241. The van der Waals surface area contributed by atoms with Crippen LogP contribution in [0.1, 0.15) is 11.3 Å². The Hall–Kier alpha value is -3.20. The summed E-state index contributed by atoms with van der Waals surface area (Å²) in [5, 5.41) is 9.50. The molecular formula is C21H21F2N3O4. The van der Waals surface area contributed by atoms with Gasteiger partial charge in [-0.1, -0.05) is 0 Å². The molecule has 9 heteroatoms. The molecule has 1 aromatic carbocycles. The Bertz CT molecular complexity index is 1090. The highest BCUT2D eigenvalue weighted by atomic mass is 19.1. The highest BCUT2D eigenvalue weighted by molar-refractivity contribution is 5.69. The monoisotopic (exact) mass is 417 g/mol. The predicted octanol–water partition coefficient (Wildman–Crippen LogP) is 3.30. The lowest BCUT2D eigenvalue weighted by atomic mass is 10.0. The topological polar surface area (TPSA) is 76.3 Å². The molecular weight excluding hydrogens is 396 g/mol. The fourth-order valence-corrected chi connectivity index (χ4v) is 3.73. The Morgan fingerprint density at radius 2 is 2.07 bits per heavy atom. The number of amides is 1. The van der Waals surface area contributed by atoms with Crippen LogP contribution in [0.2, 0.25) is 0 Å². The predicted molar refractivity (Wildman–Crippen MR) is 104 cm³/mol. The molecule has 0 spiro atoms. The van der Waals surface area contributed by atoms with Gasteiger partial charge in [0.25, 0.3) is 0 Å². The third-order valence-electron chi connectivity index (χ3n) is 5.14. The molecule has 30 heavy (non-hydrogen) atoms. The van der Waals surface area contributed by atoms with Crippen LogP contribution in [0, 0.1) is 18.6 Å². The van der Waals surface area contributed by atoms with Gasteiger partial charge in [0.2, 0.25) is 0 Å². The minimum absolute atomic E-state index is 0.134. The summed E-state index contributed by atoms with van der Waals surface area (Å²) in [7, 11) is 1.31. The lowest BCUT2D eigenvalue weighted by Crippen LogP contribution is -2.46. The SMILES string of the molecule is COC(=O)N1CCO[C@@H](Cc2c(-c3c(F)cc(O)cc3F)nc3cc(C)ccn23)C1. The number of morpholine rings is 1. The van der Waals surface area contributed by atoms with E-state index in [4.69, 9.17) is 9.47 Å². The largest absolute Gasteiger partial charge is 0.508 e. The quantitative estimate of drug-likeness (QED) is 0.708. The molecule has 0 unspecified atom stereocenters. The minimum atomic E-state index is -0.908. The zero-order valence-electron chi connectivity index (χ0n) is 16.6. The molecule has 158 valence electrons. The highest BCUT2D eigenvalue weighted by Gasteiger charge is 2.29. The molecule has 3 heterocycles. The number of hydrogen-bond donors (Lipinski definition) is 1. The second-order valence-corrected chi connectivity index (χ2v) is 7.24. The molecule has 1 aliphatic rings. The molecule has 1 amide bonds. The van der Waals surface area contributed by atoms with Gasteiger partial charge in [-0.2, -0.15) is 0 Å². The summed E-state index contributed by atoms with van der Waals surface area (Å²) in [5.74, 6) is -2.32. The Morgan fingerprint density at radius 3 is 2.77 bits per heavy atom. The van der Waals surface area contributed by atoms with E-state index >= 15 is 0 Å². The number of phenols is 1. The van der Waals surface area contributed by atoms with Gasteiger partial charge >= 0.3 is 6.09 Å². The van der Waals surface area contributed by atoms with E-state index in [1.54, 1.807) is 10.6 Å². The smallest absolute Gasteiger partial charge is 0.409 e. The number of fused-ring (bicyclic) bond motifs is 1. The van der Waals surface area contributed by atoms with Crippen molar-refractivity contribution in [1.82, 2.24) is 14.3 Å². The van der Waals surface area contributed by atoms with Crippen LogP contribution in [0.5, 0.6) is 5.75 Å². The first-order valence-electron chi connectivity index (χ1n) is 9.48. The van der Waals surface area contributed by atoms with Crippen molar-refractivity contribution >= 4 is 11.7 Å². The minimum Gasteiger partial charge on any atom is -0.508 e. The summed E-state index contributed by atoms with van der Waals surface area (Å²) in [6.07, 6.45) is 1.20. The maximum absolute atomic E-state index is 14.6. The summed E-state index contributed by atoms with van der Waals surface area (Å²) in [4.78, 5) is 17.9. The fraction of sp³-hybridized carbons (Fsp3) is 0.333. The van der Waals surface area contributed by atoms with Crippen molar-refractivity contribution in [1.29, 1.82) is 0 Å². The fourth-order valence-electron chi connectivity index (χ4n) is 3.73. The van der Waals surface area contributed by atoms with Gasteiger partial charge in [-0.05, 0) is 24.6 Å². The van der Waals surface area contributed by atoms with Crippen molar-refractivity contribution < 1.29 is 28.2 Å². The lowest BCUT2D eigenvalue weighted by Gasteiger charge is -2.32. The van der Waals surface area contributed by atoms with Crippen molar-refractivity contribution in [2.24, 2.45) is 0 Å². The van der Waals surface area contributed by atoms with E-state index in [0.717, 1.165) is 17.7 Å². The van der Waals surface area contributed by atoms with E-state index in [9.17, 15) is 18.7 Å². The van der Waals surface area contributed by atoms with Crippen molar-refractivity contribution in [3.8, 4) is 17.0 Å². The van der Waals surface area contributed by atoms with Crippen LogP contribution < -0.4 is 0 Å². The summed E-state index contributed by atoms with van der Waals surface area (Å²) >= 11 is 0. The first kappa shape index (κ1) is 20.1. The average Bonchev–Trinajstić information content (AvgIpc) is 3.03. The second-order valence-electron chi connectivity index (χ2n) is 7.24. The summed E-state index contributed by atoms with van der Waals surface area (Å²) < 4.78 is 41.6. The molecule has 1 N–H and O–H groups in total. The second kappa shape index (κ2) is 7.91. The molecule has 1 aliphatic heterocycles. The number of aryl methyl sites for hydroxylation is 1. The number of ether oxygens (including phenoxy) is 2.